The molecule has 0 saturated carbocycles. The van der Waals surface area contributed by atoms with E-state index in [0.717, 1.165) is 0 Å². The van der Waals surface area contributed by atoms with Crippen LogP contribution in [0.15, 0.2) is 0 Å². The van der Waals surface area contributed by atoms with E-state index in [1.807, 2.05) is 0 Å². The van der Waals surface area contributed by atoms with Crippen LogP contribution in [0.1, 0.15) is 26.2 Å². The Morgan fingerprint density at radius 3 is 1.75 bits per heavy atom. The van der Waals surface area contributed by atoms with Gasteiger partial charge in [0.15, 0.2) is 0 Å². The number of unbranched alkanes of at least 4 members (excludes halogenated alkanes) is 2. The fraction of sp³-hybridized carbons (Fsp3) is 1.00. The van der Waals surface area contributed by atoms with Gasteiger partial charge < -0.3 is 9.41 Å². The number of hydrogen-bond acceptors (Lipinski definition) is 0. The second kappa shape index (κ2) is 15.7. The van der Waals surface area contributed by atoms with E-state index in [0.29, 0.717) is 0 Å². The van der Waals surface area contributed by atoms with Gasteiger partial charge in [0.2, 0.25) is 0 Å². The summed E-state index contributed by atoms with van der Waals surface area (Å²) in [6.45, 7) is 2.22. The van der Waals surface area contributed by atoms with Crippen molar-refractivity contribution in [2.45, 2.75) is 31.5 Å². The standard InChI is InChI=1S/C5H11.Al.2FH/c1-3-5-4-2;;;/h1,3-5H2,2H3;;2*1H/q;+2;;/p-2. The van der Waals surface area contributed by atoms with Gasteiger partial charge in [0, 0.05) is 0 Å². The first-order valence-corrected chi connectivity index (χ1v) is 3.43. The molecule has 0 spiro atoms. The van der Waals surface area contributed by atoms with E-state index in [1.165, 1.54) is 24.5 Å². The molecule has 8 heavy (non-hydrogen) atoms. The van der Waals surface area contributed by atoms with Crippen molar-refractivity contribution < 1.29 is 9.41 Å². The maximum Gasteiger partial charge on any atom is -1.00 e. The Bertz CT molecular complexity index is 22.4. The van der Waals surface area contributed by atoms with Crippen LogP contribution in [0.3, 0.4) is 0 Å². The molecule has 0 aliphatic carbocycles. The third kappa shape index (κ3) is 16.2. The molecular formula is C5H11AlF2. The van der Waals surface area contributed by atoms with E-state index in [4.69, 9.17) is 0 Å². The van der Waals surface area contributed by atoms with Crippen LogP contribution in [0, 0.1) is 0 Å². The molecule has 0 unspecified atom stereocenters. The van der Waals surface area contributed by atoms with Crippen molar-refractivity contribution >= 4 is 16.3 Å². The monoisotopic (exact) mass is 136 g/mol. The van der Waals surface area contributed by atoms with Gasteiger partial charge in [-0.25, -0.2) is 0 Å². The molecule has 48 valence electrons. The van der Waals surface area contributed by atoms with Crippen molar-refractivity contribution in [3.8, 4) is 0 Å². The van der Waals surface area contributed by atoms with Crippen molar-refractivity contribution in [1.29, 1.82) is 0 Å². The molecule has 0 aliphatic heterocycles. The fourth-order valence-corrected chi connectivity index (χ4v) is 0.683. The molecule has 0 heterocycles. The summed E-state index contributed by atoms with van der Waals surface area (Å²) in [5.74, 6) is 0. The van der Waals surface area contributed by atoms with Crippen LogP contribution in [0.25, 0.3) is 0 Å². The number of halogens is 2. The second-order valence-electron chi connectivity index (χ2n) is 1.50. The van der Waals surface area contributed by atoms with E-state index in [1.54, 1.807) is 0 Å². The summed E-state index contributed by atoms with van der Waals surface area (Å²) in [4.78, 5) is 0. The zero-order valence-corrected chi connectivity index (χ0v) is 6.32. The molecule has 0 aliphatic rings. The molecule has 0 aromatic carbocycles. The summed E-state index contributed by atoms with van der Waals surface area (Å²) in [6.07, 6.45) is 4.11. The summed E-state index contributed by atoms with van der Waals surface area (Å²) in [7, 11) is 0. The normalized spacial score (nSPS) is 6.88. The van der Waals surface area contributed by atoms with Gasteiger partial charge in [-0.1, -0.05) is 0 Å². The number of rotatable bonds is 3. The van der Waals surface area contributed by atoms with Crippen LogP contribution in [0.5, 0.6) is 0 Å². The Morgan fingerprint density at radius 1 is 1.12 bits per heavy atom. The Hall–Kier alpha value is 0.392. The Labute approximate surface area is 57.8 Å². The molecule has 3 heteroatoms. The minimum atomic E-state index is 0. The molecule has 0 aromatic heterocycles. The van der Waals surface area contributed by atoms with E-state index in [-0.39, 0.29) is 9.41 Å². The van der Waals surface area contributed by atoms with Gasteiger partial charge in [-0.2, -0.15) is 0 Å². The smallest absolute Gasteiger partial charge is 1.00 e. The average Bonchev–Trinajstić information content (AvgIpc) is 1.61. The van der Waals surface area contributed by atoms with E-state index >= 15 is 0 Å². The predicted octanol–water partition coefficient (Wildman–Crippen LogP) is -4.23. The summed E-state index contributed by atoms with van der Waals surface area (Å²) in [6, 6.07) is 0. The molecule has 0 rings (SSSR count). The van der Waals surface area contributed by atoms with Crippen LogP contribution >= 0.6 is 0 Å². The first-order valence-electron chi connectivity index (χ1n) is 2.62. The summed E-state index contributed by atoms with van der Waals surface area (Å²) < 4.78 is 0. The Balaban J connectivity index is -0.000000125. The van der Waals surface area contributed by atoms with Crippen molar-refractivity contribution in [2.75, 3.05) is 0 Å². The van der Waals surface area contributed by atoms with Crippen molar-refractivity contribution in [1.82, 2.24) is 0 Å². The molecule has 0 amide bonds. The van der Waals surface area contributed by atoms with Crippen LogP contribution in [-0.2, 0) is 0 Å². The molecule has 0 fully saturated rings. The Kier molecular flexibility index (Phi) is 30.9. The number of hydrogen-bond donors (Lipinski definition) is 0. The van der Waals surface area contributed by atoms with E-state index in [9.17, 15) is 0 Å². The SMILES string of the molecule is CCCC[CH2][Al+2].[F-].[F-]. The summed E-state index contributed by atoms with van der Waals surface area (Å²) in [5.41, 5.74) is 0. The third-order valence-corrected chi connectivity index (χ3v) is 1.22. The maximum atomic E-state index is 2.73. The quantitative estimate of drug-likeness (QED) is 0.272. The van der Waals surface area contributed by atoms with E-state index < -0.39 is 0 Å². The van der Waals surface area contributed by atoms with Gasteiger partial charge >= 0.3 is 47.8 Å². The molecule has 0 atom stereocenters. The van der Waals surface area contributed by atoms with Gasteiger partial charge in [-0.15, -0.1) is 0 Å². The van der Waals surface area contributed by atoms with E-state index in [2.05, 4.69) is 23.2 Å². The van der Waals surface area contributed by atoms with Crippen molar-refractivity contribution in [3.63, 3.8) is 0 Å². The van der Waals surface area contributed by atoms with Gasteiger partial charge in [-0.3, -0.25) is 0 Å². The second-order valence-corrected chi connectivity index (χ2v) is 2.07. The average molecular weight is 136 g/mol. The molecule has 0 saturated heterocycles. The third-order valence-electron chi connectivity index (χ3n) is 0.808. The van der Waals surface area contributed by atoms with Gasteiger partial charge in [-0.05, 0) is 0 Å². The predicted molar refractivity (Wildman–Crippen MR) is 30.1 cm³/mol. The summed E-state index contributed by atoms with van der Waals surface area (Å²) >= 11 is 2.73. The van der Waals surface area contributed by atoms with Crippen LogP contribution in [-0.4, -0.2) is 16.3 Å². The topological polar surface area (TPSA) is 0 Å². The van der Waals surface area contributed by atoms with Crippen molar-refractivity contribution in [2.24, 2.45) is 0 Å². The van der Waals surface area contributed by atoms with Crippen molar-refractivity contribution in [3.05, 3.63) is 0 Å². The van der Waals surface area contributed by atoms with Gasteiger partial charge in [0.25, 0.3) is 0 Å². The minimum Gasteiger partial charge on any atom is -1.00 e. The van der Waals surface area contributed by atoms with Gasteiger partial charge in [0.1, 0.15) is 0 Å². The first kappa shape index (κ1) is 15.8. The first-order chi connectivity index (χ1) is 2.91. The molecule has 0 radical (unpaired) electrons. The summed E-state index contributed by atoms with van der Waals surface area (Å²) in [5, 5.41) is 1.27. The minimum absolute atomic E-state index is 0. The molecule has 0 nitrogen and oxygen atoms in total. The molecule has 0 N–H and O–H groups in total. The largest absolute Gasteiger partial charge is 1.00 e. The molecule has 0 bridgehead atoms. The van der Waals surface area contributed by atoms with Crippen LogP contribution in [0.2, 0.25) is 5.28 Å². The molecule has 0 aromatic rings. The Morgan fingerprint density at radius 2 is 1.62 bits per heavy atom. The zero-order chi connectivity index (χ0) is 4.83. The zero-order valence-electron chi connectivity index (χ0n) is 5.16. The van der Waals surface area contributed by atoms with Crippen LogP contribution < -0.4 is 9.41 Å². The fourth-order valence-electron chi connectivity index (χ4n) is 0.394. The van der Waals surface area contributed by atoms with Crippen LogP contribution in [0.4, 0.5) is 0 Å². The maximum absolute atomic E-state index is 2.73. The van der Waals surface area contributed by atoms with Gasteiger partial charge in [0.05, 0.1) is 0 Å². The molecular weight excluding hydrogens is 125 g/mol.